The molecule has 1 aliphatic heterocycles. The van der Waals surface area contributed by atoms with E-state index in [2.05, 4.69) is 5.32 Å². The molecule has 3 rings (SSSR count). The SMILES string of the molecule is CCOC(=O)N1CCN(C(=O)c2cccc(C(=O)Nc3cccc(C)c3)c2)CC1. The van der Waals surface area contributed by atoms with Crippen LogP contribution in [-0.4, -0.2) is 60.5 Å². The maximum absolute atomic E-state index is 12.8. The molecule has 0 bridgehead atoms. The summed E-state index contributed by atoms with van der Waals surface area (Å²) >= 11 is 0. The van der Waals surface area contributed by atoms with Crippen LogP contribution in [0.3, 0.4) is 0 Å². The van der Waals surface area contributed by atoms with Crippen LogP contribution >= 0.6 is 0 Å². The fourth-order valence-electron chi connectivity index (χ4n) is 3.21. The van der Waals surface area contributed by atoms with Crippen LogP contribution in [-0.2, 0) is 4.74 Å². The van der Waals surface area contributed by atoms with Crippen molar-refractivity contribution in [3.63, 3.8) is 0 Å². The highest BCUT2D eigenvalue weighted by atomic mass is 16.6. The van der Waals surface area contributed by atoms with Gasteiger partial charge in [0.15, 0.2) is 0 Å². The molecular formula is C22H25N3O4. The minimum absolute atomic E-state index is 0.154. The number of nitrogens with one attached hydrogen (secondary N) is 1. The number of ether oxygens (including phenoxy) is 1. The smallest absolute Gasteiger partial charge is 0.409 e. The first-order valence-corrected chi connectivity index (χ1v) is 9.67. The second kappa shape index (κ2) is 9.23. The van der Waals surface area contributed by atoms with Crippen LogP contribution < -0.4 is 5.32 Å². The van der Waals surface area contributed by atoms with Crippen molar-refractivity contribution >= 4 is 23.6 Å². The number of hydrogen-bond donors (Lipinski definition) is 1. The molecule has 0 aliphatic carbocycles. The molecular weight excluding hydrogens is 370 g/mol. The molecule has 0 unspecified atom stereocenters. The van der Waals surface area contributed by atoms with E-state index in [0.29, 0.717) is 49.6 Å². The third-order valence-corrected chi connectivity index (χ3v) is 4.74. The zero-order valence-corrected chi connectivity index (χ0v) is 16.7. The van der Waals surface area contributed by atoms with Crippen molar-refractivity contribution in [2.24, 2.45) is 0 Å². The Hall–Kier alpha value is -3.35. The molecule has 3 amide bonds. The van der Waals surface area contributed by atoms with Gasteiger partial charge in [0, 0.05) is 43.0 Å². The number of hydrogen-bond acceptors (Lipinski definition) is 4. The van der Waals surface area contributed by atoms with E-state index in [0.717, 1.165) is 5.56 Å². The number of piperazine rings is 1. The van der Waals surface area contributed by atoms with E-state index >= 15 is 0 Å². The van der Waals surface area contributed by atoms with Gasteiger partial charge in [-0.05, 0) is 49.7 Å². The molecule has 0 spiro atoms. The standard InChI is InChI=1S/C22H25N3O4/c1-3-29-22(28)25-12-10-24(11-13-25)21(27)18-8-5-7-17(15-18)20(26)23-19-9-4-6-16(2)14-19/h4-9,14-15H,3,10-13H2,1-2H3,(H,23,26). The number of carbonyl (C=O) groups is 3. The topological polar surface area (TPSA) is 79.0 Å². The second-order valence-electron chi connectivity index (χ2n) is 6.88. The Balaban J connectivity index is 1.64. The highest BCUT2D eigenvalue weighted by Gasteiger charge is 2.25. The van der Waals surface area contributed by atoms with Gasteiger partial charge in [-0.1, -0.05) is 18.2 Å². The van der Waals surface area contributed by atoms with Gasteiger partial charge in [-0.25, -0.2) is 4.79 Å². The molecule has 152 valence electrons. The fourth-order valence-corrected chi connectivity index (χ4v) is 3.21. The molecule has 7 nitrogen and oxygen atoms in total. The number of amides is 3. The van der Waals surface area contributed by atoms with Crippen LogP contribution in [0.15, 0.2) is 48.5 Å². The summed E-state index contributed by atoms with van der Waals surface area (Å²) in [5.41, 5.74) is 2.63. The molecule has 1 N–H and O–H groups in total. The van der Waals surface area contributed by atoms with Crippen molar-refractivity contribution in [2.75, 3.05) is 38.1 Å². The number of anilines is 1. The summed E-state index contributed by atoms with van der Waals surface area (Å²) in [4.78, 5) is 40.5. The van der Waals surface area contributed by atoms with Crippen LogP contribution in [0.1, 0.15) is 33.2 Å². The number of rotatable bonds is 4. The lowest BCUT2D eigenvalue weighted by Crippen LogP contribution is -2.50. The normalized spacial score (nSPS) is 13.7. The van der Waals surface area contributed by atoms with Gasteiger partial charge in [0.1, 0.15) is 0 Å². The third kappa shape index (κ3) is 5.13. The Morgan fingerprint density at radius 1 is 0.931 bits per heavy atom. The van der Waals surface area contributed by atoms with Crippen molar-refractivity contribution in [3.05, 3.63) is 65.2 Å². The van der Waals surface area contributed by atoms with E-state index in [4.69, 9.17) is 4.74 Å². The Labute approximate surface area is 170 Å². The number of carbonyl (C=O) groups excluding carboxylic acids is 3. The number of aryl methyl sites for hydroxylation is 1. The van der Waals surface area contributed by atoms with Gasteiger partial charge in [0.25, 0.3) is 11.8 Å². The van der Waals surface area contributed by atoms with E-state index < -0.39 is 0 Å². The first-order valence-electron chi connectivity index (χ1n) is 9.67. The molecule has 0 saturated carbocycles. The molecule has 0 aromatic heterocycles. The predicted octanol–water partition coefficient (Wildman–Crippen LogP) is 3.16. The van der Waals surface area contributed by atoms with Gasteiger partial charge in [0.05, 0.1) is 6.61 Å². The molecule has 1 aliphatic rings. The van der Waals surface area contributed by atoms with Gasteiger partial charge >= 0.3 is 6.09 Å². The lowest BCUT2D eigenvalue weighted by Gasteiger charge is -2.34. The molecule has 0 atom stereocenters. The minimum atomic E-state index is -0.352. The summed E-state index contributed by atoms with van der Waals surface area (Å²) < 4.78 is 5.00. The van der Waals surface area contributed by atoms with Crippen molar-refractivity contribution in [3.8, 4) is 0 Å². The zero-order valence-electron chi connectivity index (χ0n) is 16.7. The van der Waals surface area contributed by atoms with E-state index in [1.54, 1.807) is 41.0 Å². The van der Waals surface area contributed by atoms with Gasteiger partial charge in [0.2, 0.25) is 0 Å². The molecule has 1 fully saturated rings. The average Bonchev–Trinajstić information content (AvgIpc) is 2.73. The van der Waals surface area contributed by atoms with E-state index in [1.807, 2.05) is 31.2 Å². The first kappa shape index (κ1) is 20.4. The lowest BCUT2D eigenvalue weighted by atomic mass is 10.1. The molecule has 2 aromatic carbocycles. The van der Waals surface area contributed by atoms with Gasteiger partial charge in [-0.15, -0.1) is 0 Å². The quantitative estimate of drug-likeness (QED) is 0.863. The Morgan fingerprint density at radius 2 is 1.59 bits per heavy atom. The average molecular weight is 395 g/mol. The third-order valence-electron chi connectivity index (χ3n) is 4.74. The predicted molar refractivity (Wildman–Crippen MR) is 110 cm³/mol. The summed E-state index contributed by atoms with van der Waals surface area (Å²) in [6, 6.07) is 14.2. The monoisotopic (exact) mass is 395 g/mol. The largest absolute Gasteiger partial charge is 0.450 e. The highest BCUT2D eigenvalue weighted by Crippen LogP contribution is 2.15. The molecule has 29 heavy (non-hydrogen) atoms. The van der Waals surface area contributed by atoms with Crippen LogP contribution in [0.5, 0.6) is 0 Å². The van der Waals surface area contributed by atoms with Gasteiger partial charge in [-0.2, -0.15) is 0 Å². The molecule has 1 saturated heterocycles. The fraction of sp³-hybridized carbons (Fsp3) is 0.318. The van der Waals surface area contributed by atoms with Crippen LogP contribution in [0.4, 0.5) is 10.5 Å². The summed E-state index contributed by atoms with van der Waals surface area (Å²) in [6.45, 7) is 5.76. The Bertz CT molecular complexity index is 904. The van der Waals surface area contributed by atoms with Crippen LogP contribution in [0, 0.1) is 6.92 Å². The van der Waals surface area contributed by atoms with E-state index in [1.165, 1.54) is 0 Å². The van der Waals surface area contributed by atoms with Crippen molar-refractivity contribution < 1.29 is 19.1 Å². The highest BCUT2D eigenvalue weighted by molar-refractivity contribution is 6.06. The molecule has 1 heterocycles. The number of nitrogens with zero attached hydrogens (tertiary/aromatic N) is 2. The lowest BCUT2D eigenvalue weighted by molar-refractivity contribution is 0.0570. The second-order valence-corrected chi connectivity index (χ2v) is 6.88. The Morgan fingerprint density at radius 3 is 2.28 bits per heavy atom. The van der Waals surface area contributed by atoms with Crippen molar-refractivity contribution in [1.29, 1.82) is 0 Å². The number of benzene rings is 2. The molecule has 2 aromatic rings. The van der Waals surface area contributed by atoms with Gasteiger partial charge in [-0.3, -0.25) is 9.59 Å². The summed E-state index contributed by atoms with van der Waals surface area (Å²) in [6.07, 6.45) is -0.352. The van der Waals surface area contributed by atoms with Crippen molar-refractivity contribution in [2.45, 2.75) is 13.8 Å². The summed E-state index contributed by atoms with van der Waals surface area (Å²) in [5.74, 6) is -0.420. The van der Waals surface area contributed by atoms with E-state index in [-0.39, 0.29) is 17.9 Å². The van der Waals surface area contributed by atoms with Crippen LogP contribution in [0.2, 0.25) is 0 Å². The van der Waals surface area contributed by atoms with Gasteiger partial charge < -0.3 is 19.9 Å². The minimum Gasteiger partial charge on any atom is -0.450 e. The maximum Gasteiger partial charge on any atom is 0.409 e. The summed E-state index contributed by atoms with van der Waals surface area (Å²) in [7, 11) is 0. The summed E-state index contributed by atoms with van der Waals surface area (Å²) in [5, 5.41) is 2.85. The molecule has 0 radical (unpaired) electrons. The maximum atomic E-state index is 12.8. The van der Waals surface area contributed by atoms with Crippen LogP contribution in [0.25, 0.3) is 0 Å². The first-order chi connectivity index (χ1) is 14.0. The van der Waals surface area contributed by atoms with Crippen molar-refractivity contribution in [1.82, 2.24) is 9.80 Å². The Kier molecular flexibility index (Phi) is 6.49. The van der Waals surface area contributed by atoms with E-state index in [9.17, 15) is 14.4 Å². The molecule has 7 heteroatoms. The zero-order chi connectivity index (χ0) is 20.8.